The van der Waals surface area contributed by atoms with Gasteiger partial charge in [0, 0.05) is 12.6 Å². The molecule has 1 aliphatic heterocycles. The van der Waals surface area contributed by atoms with Crippen molar-refractivity contribution in [2.45, 2.75) is 39.0 Å². The maximum absolute atomic E-state index is 13.4. The molecule has 3 rings (SSSR count). The van der Waals surface area contributed by atoms with Crippen LogP contribution >= 0.6 is 0 Å². The van der Waals surface area contributed by atoms with E-state index in [0.29, 0.717) is 11.0 Å². The molecule has 12 heteroatoms. The number of hydrogen-bond acceptors (Lipinski definition) is 6. The van der Waals surface area contributed by atoms with Crippen LogP contribution < -0.4 is 0 Å². The molecule has 0 unspecified atom stereocenters. The average Bonchev–Trinajstić information content (AvgIpc) is 3.24. The zero-order valence-corrected chi connectivity index (χ0v) is 18.4. The number of nitrogens with zero attached hydrogens (tertiary/aromatic N) is 3. The molecule has 1 atom stereocenters. The topological polar surface area (TPSA) is 98.6 Å². The van der Waals surface area contributed by atoms with Crippen LogP contribution in [-0.4, -0.2) is 65.4 Å². The van der Waals surface area contributed by atoms with Gasteiger partial charge in [-0.25, -0.2) is 13.4 Å². The molecule has 2 aromatic rings. The van der Waals surface area contributed by atoms with Crippen molar-refractivity contribution in [2.24, 2.45) is 5.92 Å². The molecule has 0 radical (unpaired) electrons. The van der Waals surface area contributed by atoms with Crippen LogP contribution in [0.1, 0.15) is 26.1 Å². The van der Waals surface area contributed by atoms with E-state index in [1.54, 1.807) is 0 Å². The molecular weight excluding hydrogens is 451 g/mol. The fourth-order valence-corrected chi connectivity index (χ4v) is 5.45. The summed E-state index contributed by atoms with van der Waals surface area (Å²) in [4.78, 5) is 29.9. The van der Waals surface area contributed by atoms with E-state index in [-0.39, 0.29) is 35.0 Å². The van der Waals surface area contributed by atoms with Gasteiger partial charge in [-0.1, -0.05) is 26.0 Å². The number of benzene rings is 1. The van der Waals surface area contributed by atoms with Crippen molar-refractivity contribution in [2.75, 3.05) is 24.7 Å². The van der Waals surface area contributed by atoms with Crippen molar-refractivity contribution in [1.29, 1.82) is 0 Å². The summed E-state index contributed by atoms with van der Waals surface area (Å²) in [6.45, 7) is 2.54. The molecule has 1 aromatic heterocycles. The summed E-state index contributed by atoms with van der Waals surface area (Å²) >= 11 is 0. The number of para-hydroxylation sites is 2. The molecular formula is C20H24F3N3O5S. The molecule has 0 bridgehead atoms. The van der Waals surface area contributed by atoms with Gasteiger partial charge in [-0.15, -0.1) is 0 Å². The first-order valence-electron chi connectivity index (χ1n) is 10.1. The Bertz CT molecular complexity index is 1110. The summed E-state index contributed by atoms with van der Waals surface area (Å²) in [5.74, 6) is -2.98. The molecule has 1 aromatic carbocycles. The highest BCUT2D eigenvalue weighted by Gasteiger charge is 2.38. The summed E-state index contributed by atoms with van der Waals surface area (Å²) in [7, 11) is -3.23. The molecule has 2 heterocycles. The van der Waals surface area contributed by atoms with Crippen molar-refractivity contribution < 1.29 is 35.9 Å². The lowest BCUT2D eigenvalue weighted by atomic mass is 10.1. The molecule has 0 N–H and O–H groups in total. The third kappa shape index (κ3) is 5.59. The monoisotopic (exact) mass is 475 g/mol. The third-order valence-electron chi connectivity index (χ3n) is 5.08. The number of imidazole rings is 1. The van der Waals surface area contributed by atoms with Crippen molar-refractivity contribution in [3.05, 3.63) is 30.1 Å². The van der Waals surface area contributed by atoms with Crippen molar-refractivity contribution in [3.8, 4) is 0 Å². The van der Waals surface area contributed by atoms with E-state index in [4.69, 9.17) is 4.74 Å². The smallest absolute Gasteiger partial charge is 0.449 e. The Hall–Kier alpha value is -2.63. The van der Waals surface area contributed by atoms with Gasteiger partial charge < -0.3 is 14.2 Å². The van der Waals surface area contributed by atoms with E-state index in [0.717, 1.165) is 0 Å². The average molecular weight is 475 g/mol. The van der Waals surface area contributed by atoms with E-state index in [1.807, 2.05) is 13.8 Å². The maximum Gasteiger partial charge on any atom is 0.449 e. The first kappa shape index (κ1) is 24.0. The highest BCUT2D eigenvalue weighted by molar-refractivity contribution is 7.91. The Morgan fingerprint density at radius 2 is 1.97 bits per heavy atom. The fourth-order valence-electron chi connectivity index (χ4n) is 3.72. The molecule has 1 aliphatic rings. The van der Waals surface area contributed by atoms with Gasteiger partial charge in [0.1, 0.15) is 6.54 Å². The minimum absolute atomic E-state index is 0.0206. The van der Waals surface area contributed by atoms with Crippen LogP contribution in [0.3, 0.4) is 0 Å². The van der Waals surface area contributed by atoms with Crippen LogP contribution in [0, 0.1) is 5.92 Å². The molecule has 1 fully saturated rings. The number of ether oxygens (including phenoxy) is 1. The van der Waals surface area contributed by atoms with E-state index < -0.39 is 52.9 Å². The van der Waals surface area contributed by atoms with E-state index in [2.05, 4.69) is 4.98 Å². The molecule has 1 amide bonds. The van der Waals surface area contributed by atoms with E-state index in [1.165, 1.54) is 29.2 Å². The SMILES string of the molecule is CC(C)CN(C(=O)COC(=O)Cn1c(C(F)(F)F)nc2ccccc21)[C@H]1CCS(=O)(=O)C1. The number of esters is 1. The normalized spacial score (nSPS) is 18.2. The molecule has 0 saturated carbocycles. The second kappa shape index (κ2) is 9.08. The summed E-state index contributed by atoms with van der Waals surface area (Å²) in [6, 6.07) is 5.34. The highest BCUT2D eigenvalue weighted by atomic mass is 32.2. The maximum atomic E-state index is 13.4. The third-order valence-corrected chi connectivity index (χ3v) is 6.83. The quantitative estimate of drug-likeness (QED) is 0.570. The van der Waals surface area contributed by atoms with Crippen LogP contribution in [0.15, 0.2) is 24.3 Å². The van der Waals surface area contributed by atoms with Gasteiger partial charge in [0.2, 0.25) is 5.82 Å². The lowest BCUT2D eigenvalue weighted by Gasteiger charge is -2.29. The zero-order chi connectivity index (χ0) is 23.7. The number of sulfone groups is 1. The summed E-state index contributed by atoms with van der Waals surface area (Å²) in [5, 5.41) is 0. The van der Waals surface area contributed by atoms with Gasteiger partial charge in [0.25, 0.3) is 5.91 Å². The molecule has 176 valence electrons. The lowest BCUT2D eigenvalue weighted by molar-refractivity contribution is -0.156. The van der Waals surface area contributed by atoms with Gasteiger partial charge in [0.05, 0.1) is 22.5 Å². The first-order valence-corrected chi connectivity index (χ1v) is 11.9. The predicted octanol–water partition coefficient (Wildman–Crippen LogP) is 2.27. The lowest BCUT2D eigenvalue weighted by Crippen LogP contribution is -2.45. The van der Waals surface area contributed by atoms with Crippen LogP contribution in [0.2, 0.25) is 0 Å². The van der Waals surface area contributed by atoms with Crippen LogP contribution in [-0.2, 0) is 36.9 Å². The number of aromatic nitrogens is 2. The summed E-state index contributed by atoms with van der Waals surface area (Å²) < 4.78 is 69.4. The Labute approximate surface area is 183 Å². The number of amides is 1. The Balaban J connectivity index is 1.71. The minimum atomic E-state index is -4.78. The van der Waals surface area contributed by atoms with Crippen molar-refractivity contribution >= 4 is 32.7 Å². The Morgan fingerprint density at radius 1 is 1.28 bits per heavy atom. The van der Waals surface area contributed by atoms with Crippen LogP contribution in [0.4, 0.5) is 13.2 Å². The summed E-state index contributed by atoms with van der Waals surface area (Å²) in [5.41, 5.74) is 0.190. The molecule has 1 saturated heterocycles. The van der Waals surface area contributed by atoms with E-state index >= 15 is 0 Å². The van der Waals surface area contributed by atoms with E-state index in [9.17, 15) is 31.2 Å². The predicted molar refractivity (Wildman–Crippen MR) is 109 cm³/mol. The first-order chi connectivity index (χ1) is 14.9. The van der Waals surface area contributed by atoms with Crippen LogP contribution in [0.5, 0.6) is 0 Å². The minimum Gasteiger partial charge on any atom is -0.454 e. The fraction of sp³-hybridized carbons (Fsp3) is 0.550. The Kier molecular flexibility index (Phi) is 6.82. The molecule has 8 nitrogen and oxygen atoms in total. The number of carbonyl (C=O) groups is 2. The molecule has 32 heavy (non-hydrogen) atoms. The van der Waals surface area contributed by atoms with Crippen molar-refractivity contribution in [1.82, 2.24) is 14.5 Å². The van der Waals surface area contributed by atoms with Gasteiger partial charge >= 0.3 is 12.1 Å². The zero-order valence-electron chi connectivity index (χ0n) is 17.6. The molecule has 0 aliphatic carbocycles. The van der Waals surface area contributed by atoms with Crippen molar-refractivity contribution in [3.63, 3.8) is 0 Å². The van der Waals surface area contributed by atoms with Crippen LogP contribution in [0.25, 0.3) is 11.0 Å². The second-order valence-electron chi connectivity index (χ2n) is 8.17. The Morgan fingerprint density at radius 3 is 2.56 bits per heavy atom. The second-order valence-corrected chi connectivity index (χ2v) is 10.4. The molecule has 0 spiro atoms. The van der Waals surface area contributed by atoms with Gasteiger partial charge in [-0.3, -0.25) is 9.59 Å². The summed E-state index contributed by atoms with van der Waals surface area (Å²) in [6.07, 6.45) is -4.48. The van der Waals surface area contributed by atoms with Gasteiger partial charge in [-0.2, -0.15) is 13.2 Å². The number of halogens is 3. The largest absolute Gasteiger partial charge is 0.454 e. The van der Waals surface area contributed by atoms with Gasteiger partial charge in [-0.05, 0) is 24.5 Å². The number of rotatable bonds is 7. The number of fused-ring (bicyclic) bond motifs is 1. The number of alkyl halides is 3. The standard InChI is InChI=1S/C20H24F3N3O5S/c1-13(2)9-25(14-7-8-32(29,30)12-14)17(27)11-31-18(28)10-26-16-6-4-3-5-15(16)24-19(26)20(21,22)23/h3-6,13-14H,7-12H2,1-2H3/t14-/m0/s1. The van der Waals surface area contributed by atoms with Gasteiger partial charge in [0.15, 0.2) is 16.4 Å². The highest BCUT2D eigenvalue weighted by Crippen LogP contribution is 2.31. The number of carbonyl (C=O) groups excluding carboxylic acids is 2. The number of hydrogen-bond donors (Lipinski definition) is 0.